The normalized spacial score (nSPS) is 21.2. The number of amides is 1. The molecule has 2 heterocycles. The molecule has 6 nitrogen and oxygen atoms in total. The van der Waals surface area contributed by atoms with Crippen LogP contribution in [0.1, 0.15) is 40.6 Å². The van der Waals surface area contributed by atoms with Gasteiger partial charge < -0.3 is 5.32 Å². The molecule has 0 spiro atoms. The summed E-state index contributed by atoms with van der Waals surface area (Å²) in [7, 11) is -3.09. The van der Waals surface area contributed by atoms with Gasteiger partial charge in [0.05, 0.1) is 23.2 Å². The van der Waals surface area contributed by atoms with E-state index >= 15 is 0 Å². The van der Waals surface area contributed by atoms with Crippen LogP contribution in [0.4, 0.5) is 10.1 Å². The smallest absolute Gasteiger partial charge is 0.274 e. The number of nitrogens with one attached hydrogen (secondary N) is 1. The Morgan fingerprint density at radius 1 is 1.32 bits per heavy atom. The van der Waals surface area contributed by atoms with Crippen LogP contribution in [0.25, 0.3) is 0 Å². The second kappa shape index (κ2) is 5.94. The van der Waals surface area contributed by atoms with Gasteiger partial charge in [-0.1, -0.05) is 6.07 Å². The van der Waals surface area contributed by atoms with E-state index in [9.17, 15) is 17.6 Å². The van der Waals surface area contributed by atoms with Crippen molar-refractivity contribution >= 4 is 21.4 Å². The highest BCUT2D eigenvalue weighted by Gasteiger charge is 2.35. The number of anilines is 1. The topological polar surface area (TPSA) is 81.1 Å². The number of rotatable bonds is 3. The predicted molar refractivity (Wildman–Crippen MR) is 90.9 cm³/mol. The van der Waals surface area contributed by atoms with Gasteiger partial charge in [0.1, 0.15) is 11.5 Å². The molecule has 1 aliphatic heterocycles. The van der Waals surface area contributed by atoms with E-state index in [4.69, 9.17) is 0 Å². The van der Waals surface area contributed by atoms with Crippen LogP contribution < -0.4 is 5.32 Å². The van der Waals surface area contributed by atoms with E-state index in [1.165, 1.54) is 18.2 Å². The van der Waals surface area contributed by atoms with Crippen LogP contribution in [0.5, 0.6) is 0 Å². The molecule has 132 valence electrons. The van der Waals surface area contributed by atoms with Crippen LogP contribution in [-0.4, -0.2) is 35.6 Å². The van der Waals surface area contributed by atoms with Crippen molar-refractivity contribution in [2.45, 2.75) is 31.7 Å². The van der Waals surface area contributed by atoms with E-state index < -0.39 is 15.7 Å². The highest BCUT2D eigenvalue weighted by molar-refractivity contribution is 7.91. The number of hydrogen-bond acceptors (Lipinski definition) is 4. The number of sulfone groups is 1. The molecule has 2 aliphatic rings. The molecular weight excluding hydrogens is 345 g/mol. The maximum absolute atomic E-state index is 13.4. The first-order valence-corrected chi connectivity index (χ1v) is 10.1. The van der Waals surface area contributed by atoms with Gasteiger partial charge in [0.15, 0.2) is 9.84 Å². The molecule has 8 heteroatoms. The largest absolute Gasteiger partial charge is 0.321 e. The van der Waals surface area contributed by atoms with Crippen molar-refractivity contribution < 1.29 is 17.6 Å². The van der Waals surface area contributed by atoms with E-state index in [1.54, 1.807) is 10.7 Å². The van der Waals surface area contributed by atoms with Crippen LogP contribution in [0.15, 0.2) is 24.3 Å². The molecule has 1 amide bonds. The fraction of sp³-hybridized carbons (Fsp3) is 0.412. The van der Waals surface area contributed by atoms with Crippen molar-refractivity contribution in [1.82, 2.24) is 9.78 Å². The molecule has 1 aliphatic carbocycles. The number of aryl methyl sites for hydroxylation is 1. The van der Waals surface area contributed by atoms with Gasteiger partial charge in [-0.15, -0.1) is 0 Å². The lowest BCUT2D eigenvalue weighted by Crippen LogP contribution is -2.23. The monoisotopic (exact) mass is 363 g/mol. The fourth-order valence-electron chi connectivity index (χ4n) is 3.64. The van der Waals surface area contributed by atoms with Crippen molar-refractivity contribution in [2.24, 2.45) is 0 Å². The fourth-order valence-corrected chi connectivity index (χ4v) is 5.33. The Kier molecular flexibility index (Phi) is 3.87. The van der Waals surface area contributed by atoms with Crippen molar-refractivity contribution in [3.63, 3.8) is 0 Å². The highest BCUT2D eigenvalue weighted by Crippen LogP contribution is 2.31. The number of benzene rings is 1. The summed E-state index contributed by atoms with van der Waals surface area (Å²) < 4.78 is 38.6. The predicted octanol–water partition coefficient (Wildman–Crippen LogP) is 2.12. The second-order valence-corrected chi connectivity index (χ2v) is 8.82. The number of halogens is 1. The Bertz CT molecular complexity index is 952. The number of hydrogen-bond donors (Lipinski definition) is 1. The minimum Gasteiger partial charge on any atom is -0.321 e. The molecule has 0 bridgehead atoms. The summed E-state index contributed by atoms with van der Waals surface area (Å²) in [4.78, 5) is 12.8. The van der Waals surface area contributed by atoms with E-state index in [0.29, 0.717) is 17.8 Å². The zero-order valence-electron chi connectivity index (χ0n) is 13.5. The first-order chi connectivity index (χ1) is 11.9. The number of nitrogens with zero attached hydrogens (tertiary/aromatic N) is 2. The molecule has 1 aromatic carbocycles. The Balaban J connectivity index is 1.69. The Labute approximate surface area is 145 Å². The maximum atomic E-state index is 13.4. The van der Waals surface area contributed by atoms with Crippen LogP contribution in [0.2, 0.25) is 0 Å². The standard InChI is InChI=1S/C17H18FN3O3S/c18-11-3-1-4-12(9-11)19-17(22)16-14-5-2-6-15(14)20-21(16)13-7-8-25(23,24)10-13/h1,3-4,9,13H,2,5-8,10H2,(H,19,22). The summed E-state index contributed by atoms with van der Waals surface area (Å²) in [6.45, 7) is 0. The van der Waals surface area contributed by atoms with Gasteiger partial charge in [0, 0.05) is 11.3 Å². The lowest BCUT2D eigenvalue weighted by molar-refractivity contribution is 0.101. The first-order valence-electron chi connectivity index (χ1n) is 8.30. The van der Waals surface area contributed by atoms with Crippen LogP contribution in [0, 0.1) is 5.82 Å². The SMILES string of the molecule is O=C(Nc1cccc(F)c1)c1c2c(nn1C1CCS(=O)(=O)C1)CCC2. The minimum absolute atomic E-state index is 0.00774. The van der Waals surface area contributed by atoms with Crippen molar-refractivity contribution in [2.75, 3.05) is 16.8 Å². The molecule has 1 fully saturated rings. The van der Waals surface area contributed by atoms with Crippen molar-refractivity contribution in [3.8, 4) is 0 Å². The number of carbonyl (C=O) groups is 1. The van der Waals surface area contributed by atoms with E-state index in [-0.39, 0.29) is 23.5 Å². The molecular formula is C17H18FN3O3S. The number of carbonyl (C=O) groups excluding carboxylic acids is 1. The number of aromatic nitrogens is 2. The molecule has 4 rings (SSSR count). The minimum atomic E-state index is -3.09. The lowest BCUT2D eigenvalue weighted by atomic mass is 10.1. The van der Waals surface area contributed by atoms with Gasteiger partial charge in [-0.05, 0) is 43.9 Å². The lowest BCUT2D eigenvalue weighted by Gasteiger charge is -2.14. The molecule has 1 N–H and O–H groups in total. The summed E-state index contributed by atoms with van der Waals surface area (Å²) in [5, 5.41) is 7.25. The average molecular weight is 363 g/mol. The first kappa shape index (κ1) is 16.3. The molecule has 0 radical (unpaired) electrons. The molecule has 1 saturated heterocycles. The summed E-state index contributed by atoms with van der Waals surface area (Å²) in [6.07, 6.45) is 2.94. The molecule has 2 aromatic rings. The van der Waals surface area contributed by atoms with Gasteiger partial charge in [0.25, 0.3) is 5.91 Å². The molecule has 25 heavy (non-hydrogen) atoms. The third kappa shape index (κ3) is 3.06. The Hall–Kier alpha value is -2.22. The van der Waals surface area contributed by atoms with Crippen LogP contribution in [0.3, 0.4) is 0 Å². The van der Waals surface area contributed by atoms with Crippen molar-refractivity contribution in [3.05, 3.63) is 47.0 Å². The van der Waals surface area contributed by atoms with E-state index in [1.807, 2.05) is 0 Å². The van der Waals surface area contributed by atoms with Crippen LogP contribution in [-0.2, 0) is 22.7 Å². The van der Waals surface area contributed by atoms with Gasteiger partial charge in [-0.3, -0.25) is 9.48 Å². The van der Waals surface area contributed by atoms with Crippen LogP contribution >= 0.6 is 0 Å². The summed E-state index contributed by atoms with van der Waals surface area (Å²) >= 11 is 0. The maximum Gasteiger partial charge on any atom is 0.274 e. The zero-order valence-corrected chi connectivity index (χ0v) is 14.4. The second-order valence-electron chi connectivity index (χ2n) is 6.59. The van der Waals surface area contributed by atoms with Gasteiger partial charge in [-0.2, -0.15) is 5.10 Å². The molecule has 1 unspecified atom stereocenters. The third-order valence-electron chi connectivity index (χ3n) is 4.78. The quantitative estimate of drug-likeness (QED) is 0.906. The summed E-state index contributed by atoms with van der Waals surface area (Å²) in [5.74, 6) is -0.676. The third-order valence-corrected chi connectivity index (χ3v) is 6.53. The van der Waals surface area contributed by atoms with Gasteiger partial charge in [0.2, 0.25) is 0 Å². The molecule has 1 aromatic heterocycles. The van der Waals surface area contributed by atoms with E-state index in [2.05, 4.69) is 10.4 Å². The van der Waals surface area contributed by atoms with Crippen molar-refractivity contribution in [1.29, 1.82) is 0 Å². The summed E-state index contributed by atoms with van der Waals surface area (Å²) in [6, 6.07) is 5.38. The molecule has 0 saturated carbocycles. The number of fused-ring (bicyclic) bond motifs is 1. The van der Waals surface area contributed by atoms with Gasteiger partial charge >= 0.3 is 0 Å². The summed E-state index contributed by atoms with van der Waals surface area (Å²) in [5.41, 5.74) is 2.54. The highest BCUT2D eigenvalue weighted by atomic mass is 32.2. The van der Waals surface area contributed by atoms with Gasteiger partial charge in [-0.25, -0.2) is 12.8 Å². The zero-order chi connectivity index (χ0) is 17.6. The van der Waals surface area contributed by atoms with E-state index in [0.717, 1.165) is 30.5 Å². The molecule has 1 atom stereocenters. The Morgan fingerprint density at radius 3 is 2.88 bits per heavy atom. The average Bonchev–Trinajstić information content (AvgIpc) is 3.20. The Morgan fingerprint density at radius 2 is 2.16 bits per heavy atom.